The molecule has 2 heterocycles. The van der Waals surface area contributed by atoms with Crippen LogP contribution in [0, 0.1) is 0 Å². The number of nitrogens with zero attached hydrogens (tertiary/aromatic N) is 2. The highest BCUT2D eigenvalue weighted by Crippen LogP contribution is 2.42. The van der Waals surface area contributed by atoms with Crippen molar-refractivity contribution in [1.82, 2.24) is 9.38 Å². The lowest BCUT2D eigenvalue weighted by molar-refractivity contribution is 1.25. The Morgan fingerprint density at radius 3 is 1.77 bits per heavy atom. The van der Waals surface area contributed by atoms with Crippen LogP contribution in [-0.2, 0) is 0 Å². The van der Waals surface area contributed by atoms with Crippen LogP contribution in [0.15, 0.2) is 133 Å². The Bertz CT molecular complexity index is 1820. The van der Waals surface area contributed by atoms with Crippen molar-refractivity contribution in [2.24, 2.45) is 0 Å². The van der Waals surface area contributed by atoms with Gasteiger partial charge in [0.1, 0.15) is 5.65 Å². The maximum absolute atomic E-state index is 5.13. The fourth-order valence-corrected chi connectivity index (χ4v) is 5.20. The van der Waals surface area contributed by atoms with Crippen LogP contribution in [0.3, 0.4) is 0 Å². The Kier molecular flexibility index (Phi) is 4.49. The van der Waals surface area contributed by atoms with Crippen LogP contribution in [0.4, 0.5) is 0 Å². The molecule has 164 valence electrons. The molecule has 0 N–H and O–H groups in total. The molecule has 0 unspecified atom stereocenters. The number of hydrogen-bond acceptors (Lipinski definition) is 1. The molecule has 0 fully saturated rings. The van der Waals surface area contributed by atoms with Crippen molar-refractivity contribution in [2.75, 3.05) is 0 Å². The molecule has 0 atom stereocenters. The number of rotatable bonds is 3. The zero-order chi connectivity index (χ0) is 23.2. The summed E-state index contributed by atoms with van der Waals surface area (Å²) in [5, 5.41) is 2.36. The van der Waals surface area contributed by atoms with Gasteiger partial charge in [0.2, 0.25) is 0 Å². The van der Waals surface area contributed by atoms with Gasteiger partial charge in [0.15, 0.2) is 0 Å². The monoisotopic (exact) mass is 446 g/mol. The summed E-state index contributed by atoms with van der Waals surface area (Å²) in [6, 6.07) is 47.2. The number of para-hydroxylation sites is 2. The van der Waals surface area contributed by atoms with E-state index in [1.807, 2.05) is 0 Å². The minimum Gasteiger partial charge on any atom is -0.291 e. The second-order valence-electron chi connectivity index (χ2n) is 8.84. The smallest absolute Gasteiger partial charge is 0.146 e. The molecule has 0 saturated carbocycles. The first-order chi connectivity index (χ1) is 17.4. The molecule has 2 nitrogen and oxygen atoms in total. The minimum absolute atomic E-state index is 0.986. The van der Waals surface area contributed by atoms with Crippen molar-refractivity contribution < 1.29 is 0 Å². The predicted molar refractivity (Wildman–Crippen MR) is 147 cm³/mol. The summed E-state index contributed by atoms with van der Waals surface area (Å²) < 4.78 is 2.34. The molecule has 5 aromatic carbocycles. The standard InChI is InChI=1S/C33H22N2/c1-4-12-23(13-5-1)26-20-21-27-28(22-26)31(24-14-6-2-7-15-24)32(25-16-8-3-9-17-25)35-30-19-11-10-18-29(30)34-33(27)35/h1-22H. The van der Waals surface area contributed by atoms with Gasteiger partial charge in [-0.15, -0.1) is 0 Å². The second kappa shape index (κ2) is 7.96. The zero-order valence-corrected chi connectivity index (χ0v) is 19.1. The predicted octanol–water partition coefficient (Wildman–Crippen LogP) is 8.64. The molecule has 0 aliphatic rings. The van der Waals surface area contributed by atoms with Crippen LogP contribution in [0.25, 0.3) is 61.0 Å². The highest BCUT2D eigenvalue weighted by atomic mass is 15.0. The SMILES string of the molecule is c1ccc(-c2ccc3c(c2)c(-c2ccccc2)c(-c2ccccc2)n2c4ccccc4nc32)cc1. The fraction of sp³-hybridized carbons (Fsp3) is 0. The van der Waals surface area contributed by atoms with Crippen molar-refractivity contribution in [3.05, 3.63) is 133 Å². The largest absolute Gasteiger partial charge is 0.291 e. The maximum Gasteiger partial charge on any atom is 0.146 e. The van der Waals surface area contributed by atoms with Gasteiger partial charge >= 0.3 is 0 Å². The van der Waals surface area contributed by atoms with Crippen LogP contribution < -0.4 is 0 Å². The molecule has 0 bridgehead atoms. The number of hydrogen-bond donors (Lipinski definition) is 0. The van der Waals surface area contributed by atoms with Crippen LogP contribution in [0.1, 0.15) is 0 Å². The summed E-state index contributed by atoms with van der Waals surface area (Å²) in [6.07, 6.45) is 0. The van der Waals surface area contributed by atoms with Gasteiger partial charge in [0.05, 0.1) is 16.7 Å². The van der Waals surface area contributed by atoms with Crippen LogP contribution in [0.2, 0.25) is 0 Å². The van der Waals surface area contributed by atoms with E-state index in [4.69, 9.17) is 4.98 Å². The molecule has 0 saturated heterocycles. The normalized spacial score (nSPS) is 11.4. The van der Waals surface area contributed by atoms with Gasteiger partial charge in [-0.05, 0) is 51.9 Å². The Balaban J connectivity index is 1.73. The summed E-state index contributed by atoms with van der Waals surface area (Å²) in [5.41, 5.74) is 10.3. The van der Waals surface area contributed by atoms with E-state index in [2.05, 4.69) is 138 Å². The summed E-state index contributed by atoms with van der Waals surface area (Å²) in [7, 11) is 0. The fourth-order valence-electron chi connectivity index (χ4n) is 5.20. The minimum atomic E-state index is 0.986. The number of benzene rings is 5. The van der Waals surface area contributed by atoms with E-state index >= 15 is 0 Å². The average molecular weight is 447 g/mol. The van der Waals surface area contributed by atoms with E-state index in [9.17, 15) is 0 Å². The number of fused-ring (bicyclic) bond motifs is 5. The summed E-state index contributed by atoms with van der Waals surface area (Å²) >= 11 is 0. The lowest BCUT2D eigenvalue weighted by atomic mass is 9.91. The topological polar surface area (TPSA) is 17.3 Å². The third kappa shape index (κ3) is 3.15. The summed E-state index contributed by atoms with van der Waals surface area (Å²) in [4.78, 5) is 5.13. The molecule has 0 spiro atoms. The number of aromatic nitrogens is 2. The van der Waals surface area contributed by atoms with Crippen LogP contribution in [0.5, 0.6) is 0 Å². The molecule has 7 rings (SSSR count). The first-order valence-electron chi connectivity index (χ1n) is 11.9. The highest BCUT2D eigenvalue weighted by Gasteiger charge is 2.21. The molecule has 35 heavy (non-hydrogen) atoms. The first-order valence-corrected chi connectivity index (χ1v) is 11.9. The average Bonchev–Trinajstić information content (AvgIpc) is 3.33. The van der Waals surface area contributed by atoms with Crippen molar-refractivity contribution in [1.29, 1.82) is 0 Å². The molecule has 7 aromatic rings. The Labute approximate surface area is 203 Å². The van der Waals surface area contributed by atoms with Crippen molar-refractivity contribution >= 4 is 27.5 Å². The number of imidazole rings is 1. The maximum atomic E-state index is 5.13. The van der Waals surface area contributed by atoms with Crippen LogP contribution >= 0.6 is 0 Å². The van der Waals surface area contributed by atoms with Crippen molar-refractivity contribution in [2.45, 2.75) is 0 Å². The number of pyridine rings is 1. The van der Waals surface area contributed by atoms with E-state index in [0.29, 0.717) is 0 Å². The Morgan fingerprint density at radius 2 is 1.06 bits per heavy atom. The highest BCUT2D eigenvalue weighted by molar-refractivity contribution is 6.12. The third-order valence-electron chi connectivity index (χ3n) is 6.77. The molecule has 2 aromatic heterocycles. The Morgan fingerprint density at radius 1 is 0.457 bits per heavy atom. The van der Waals surface area contributed by atoms with Gasteiger partial charge < -0.3 is 0 Å². The van der Waals surface area contributed by atoms with Gasteiger partial charge in [0.25, 0.3) is 0 Å². The molecule has 2 heteroatoms. The summed E-state index contributed by atoms with van der Waals surface area (Å²) in [6.45, 7) is 0. The molecule has 0 amide bonds. The third-order valence-corrected chi connectivity index (χ3v) is 6.77. The van der Waals surface area contributed by atoms with Gasteiger partial charge in [-0.3, -0.25) is 4.40 Å². The quantitative estimate of drug-likeness (QED) is 0.265. The van der Waals surface area contributed by atoms with E-state index < -0.39 is 0 Å². The lowest BCUT2D eigenvalue weighted by Gasteiger charge is -2.18. The zero-order valence-electron chi connectivity index (χ0n) is 19.1. The molecule has 0 radical (unpaired) electrons. The summed E-state index contributed by atoms with van der Waals surface area (Å²) in [5.74, 6) is 0. The first kappa shape index (κ1) is 19.7. The van der Waals surface area contributed by atoms with Gasteiger partial charge in [0, 0.05) is 10.9 Å². The van der Waals surface area contributed by atoms with Gasteiger partial charge in [-0.1, -0.05) is 109 Å². The van der Waals surface area contributed by atoms with E-state index in [1.165, 1.54) is 38.9 Å². The Hall–Kier alpha value is -4.69. The van der Waals surface area contributed by atoms with E-state index in [1.54, 1.807) is 0 Å². The van der Waals surface area contributed by atoms with Gasteiger partial charge in [-0.2, -0.15) is 0 Å². The van der Waals surface area contributed by atoms with Gasteiger partial charge in [-0.25, -0.2) is 4.98 Å². The van der Waals surface area contributed by atoms with Crippen molar-refractivity contribution in [3.8, 4) is 33.5 Å². The molecule has 0 aliphatic carbocycles. The molecular weight excluding hydrogens is 424 g/mol. The molecular formula is C33H22N2. The van der Waals surface area contributed by atoms with E-state index in [0.717, 1.165) is 22.1 Å². The second-order valence-corrected chi connectivity index (χ2v) is 8.84. The van der Waals surface area contributed by atoms with Crippen molar-refractivity contribution in [3.63, 3.8) is 0 Å². The molecule has 0 aliphatic heterocycles. The van der Waals surface area contributed by atoms with E-state index in [-0.39, 0.29) is 0 Å². The lowest BCUT2D eigenvalue weighted by Crippen LogP contribution is -1.99. The van der Waals surface area contributed by atoms with Crippen LogP contribution in [-0.4, -0.2) is 9.38 Å².